The number of nitrogens with zero attached hydrogens (tertiary/aromatic N) is 2. The van der Waals surface area contributed by atoms with Gasteiger partial charge in [0.05, 0.1) is 8.07 Å². The van der Waals surface area contributed by atoms with E-state index in [4.69, 9.17) is 5.26 Å². The zero-order valence-electron chi connectivity index (χ0n) is 8.01. The minimum Gasteiger partial charge on any atom is -0.272 e. The van der Waals surface area contributed by atoms with Crippen molar-refractivity contribution in [2.45, 2.75) is 19.6 Å². The third-order valence-electron chi connectivity index (χ3n) is 1.05. The van der Waals surface area contributed by atoms with Gasteiger partial charge in [-0.3, -0.25) is 10.3 Å². The molecule has 0 aromatic carbocycles. The lowest BCUT2D eigenvalue weighted by atomic mass is 11.1. The number of aliphatic imine (C=N–C) groups is 1. The number of hydrogen-bond donors (Lipinski definition) is 1. The maximum absolute atomic E-state index is 8.35. The van der Waals surface area contributed by atoms with E-state index in [1.54, 1.807) is 0 Å². The molecule has 0 aromatic rings. The fraction of sp³-hybridized carbons (Fsp3) is 0.714. The first kappa shape index (κ1) is 11.5. The van der Waals surface area contributed by atoms with Crippen LogP contribution >= 0.6 is 11.8 Å². The van der Waals surface area contributed by atoms with E-state index in [0.717, 1.165) is 11.3 Å². The highest BCUT2D eigenvalue weighted by Gasteiger charge is 2.11. The monoisotopic (exact) mass is 201 g/mol. The largest absolute Gasteiger partial charge is 0.272 e. The van der Waals surface area contributed by atoms with Gasteiger partial charge in [-0.2, -0.15) is 5.26 Å². The minimum absolute atomic E-state index is 0.722. The second kappa shape index (κ2) is 5.22. The number of nitriles is 1. The van der Waals surface area contributed by atoms with E-state index < -0.39 is 8.07 Å². The molecule has 1 N–H and O–H groups in total. The van der Waals surface area contributed by atoms with Gasteiger partial charge in [0, 0.05) is 6.17 Å². The van der Waals surface area contributed by atoms with Crippen molar-refractivity contribution in [3.05, 3.63) is 0 Å². The van der Waals surface area contributed by atoms with Crippen molar-refractivity contribution in [3.8, 4) is 6.19 Å². The predicted molar refractivity (Wildman–Crippen MR) is 57.9 cm³/mol. The molecule has 12 heavy (non-hydrogen) atoms. The molecule has 0 spiro atoms. The van der Waals surface area contributed by atoms with Crippen LogP contribution in [0.2, 0.25) is 19.6 Å². The summed E-state index contributed by atoms with van der Waals surface area (Å²) in [6.07, 6.45) is 4.65. The number of thioether (sulfide) groups is 1. The van der Waals surface area contributed by atoms with Crippen LogP contribution in [0.4, 0.5) is 0 Å². The highest BCUT2D eigenvalue weighted by atomic mass is 32.2. The van der Waals surface area contributed by atoms with Crippen LogP contribution in [0.25, 0.3) is 0 Å². The zero-order valence-corrected chi connectivity index (χ0v) is 9.83. The second-order valence-corrected chi connectivity index (χ2v) is 9.86. The molecule has 0 amide bonds. The molecule has 0 aliphatic heterocycles. The van der Waals surface area contributed by atoms with Crippen LogP contribution < -0.4 is 5.32 Å². The Morgan fingerprint density at radius 1 is 1.58 bits per heavy atom. The Labute approximate surface area is 79.3 Å². The Balaban J connectivity index is 4.05. The average Bonchev–Trinajstić information content (AvgIpc) is 1.96. The van der Waals surface area contributed by atoms with Gasteiger partial charge in [-0.25, -0.2) is 0 Å². The molecule has 0 atom stereocenters. The highest BCUT2D eigenvalue weighted by Crippen LogP contribution is 2.02. The van der Waals surface area contributed by atoms with Gasteiger partial charge in [0.1, 0.15) is 0 Å². The molecule has 0 unspecified atom stereocenters. The maximum atomic E-state index is 8.35. The van der Waals surface area contributed by atoms with Gasteiger partial charge in [-0.05, 0) is 6.26 Å². The van der Waals surface area contributed by atoms with Crippen molar-refractivity contribution in [3.63, 3.8) is 0 Å². The third-order valence-corrected chi connectivity index (χ3v) is 2.78. The molecule has 0 fully saturated rings. The molecule has 0 aromatic heterocycles. The second-order valence-electron chi connectivity index (χ2n) is 3.62. The fourth-order valence-corrected chi connectivity index (χ4v) is 1.60. The molecule has 0 aliphatic carbocycles. The van der Waals surface area contributed by atoms with Crippen molar-refractivity contribution in [1.29, 1.82) is 5.26 Å². The van der Waals surface area contributed by atoms with Crippen LogP contribution in [0, 0.1) is 11.5 Å². The topological polar surface area (TPSA) is 48.2 Å². The Kier molecular flexibility index (Phi) is 5.02. The van der Waals surface area contributed by atoms with E-state index >= 15 is 0 Å². The molecule has 0 aliphatic rings. The number of amidine groups is 1. The van der Waals surface area contributed by atoms with Crippen molar-refractivity contribution >= 4 is 25.0 Å². The first-order valence-electron chi connectivity index (χ1n) is 3.73. The van der Waals surface area contributed by atoms with Gasteiger partial charge in [0.2, 0.25) is 0 Å². The summed E-state index contributed by atoms with van der Waals surface area (Å²) in [5, 5.41) is 11.6. The van der Waals surface area contributed by atoms with Crippen molar-refractivity contribution < 1.29 is 0 Å². The summed E-state index contributed by atoms with van der Waals surface area (Å²) in [7, 11) is -1.12. The Hall–Kier alpha value is -0.473. The summed E-state index contributed by atoms with van der Waals surface area (Å²) in [4.78, 5) is 4.31. The molecule has 5 heteroatoms. The van der Waals surface area contributed by atoms with Crippen LogP contribution in [0.5, 0.6) is 0 Å². The normalized spacial score (nSPS) is 12.4. The van der Waals surface area contributed by atoms with E-state index in [-0.39, 0.29) is 0 Å². The van der Waals surface area contributed by atoms with Gasteiger partial charge in [0.25, 0.3) is 0 Å². The summed E-state index contributed by atoms with van der Waals surface area (Å²) >= 11 is 1.47. The van der Waals surface area contributed by atoms with Crippen LogP contribution in [-0.4, -0.2) is 25.7 Å². The summed E-state index contributed by atoms with van der Waals surface area (Å²) in [5.74, 6) is 0. The molecular weight excluding hydrogens is 186 g/mol. The molecule has 0 bridgehead atoms. The van der Waals surface area contributed by atoms with E-state index in [1.165, 1.54) is 11.8 Å². The minimum atomic E-state index is -1.12. The molecular formula is C7H15N3SSi. The average molecular weight is 201 g/mol. The summed E-state index contributed by atoms with van der Waals surface area (Å²) in [6.45, 7) is 6.75. The summed E-state index contributed by atoms with van der Waals surface area (Å²) in [5.41, 5.74) is 0. The van der Waals surface area contributed by atoms with Gasteiger partial charge < -0.3 is 0 Å². The maximum Gasteiger partial charge on any atom is 0.183 e. The van der Waals surface area contributed by atoms with Crippen molar-refractivity contribution in [1.82, 2.24) is 5.32 Å². The fourth-order valence-electron chi connectivity index (χ4n) is 0.512. The van der Waals surface area contributed by atoms with Crippen LogP contribution in [0.15, 0.2) is 4.99 Å². The lowest BCUT2D eigenvalue weighted by Crippen LogP contribution is -2.27. The van der Waals surface area contributed by atoms with E-state index in [2.05, 4.69) is 30.0 Å². The Morgan fingerprint density at radius 3 is 2.50 bits per heavy atom. The van der Waals surface area contributed by atoms with Gasteiger partial charge in [-0.15, -0.1) is 0 Å². The molecule has 0 heterocycles. The Bertz CT molecular complexity index is 202. The molecule has 3 nitrogen and oxygen atoms in total. The quantitative estimate of drug-likeness (QED) is 0.243. The van der Waals surface area contributed by atoms with Crippen molar-refractivity contribution in [2.75, 3.05) is 12.4 Å². The smallest absolute Gasteiger partial charge is 0.183 e. The molecule has 0 saturated heterocycles. The molecule has 0 radical (unpaired) electrons. The number of nitrogens with one attached hydrogen (secondary N) is 1. The zero-order chi connectivity index (χ0) is 9.61. The number of hydrogen-bond acceptors (Lipinski definition) is 3. The third kappa shape index (κ3) is 6.25. The lowest BCUT2D eigenvalue weighted by molar-refractivity contribution is 1.21. The standard InChI is InChI=1S/C7H15N3SSi/c1-11-7(9-5-8)10-6-12(2,3)4/h6H2,1-4H3,(H,9,10). The lowest BCUT2D eigenvalue weighted by Gasteiger charge is -2.12. The van der Waals surface area contributed by atoms with Gasteiger partial charge in [-0.1, -0.05) is 31.4 Å². The summed E-state index contributed by atoms with van der Waals surface area (Å²) in [6, 6.07) is 0. The van der Waals surface area contributed by atoms with Gasteiger partial charge in [0.15, 0.2) is 11.4 Å². The summed E-state index contributed by atoms with van der Waals surface area (Å²) < 4.78 is 0. The Morgan fingerprint density at radius 2 is 2.17 bits per heavy atom. The predicted octanol–water partition coefficient (Wildman–Crippen LogP) is 1.65. The molecule has 0 rings (SSSR count). The number of rotatable bonds is 2. The van der Waals surface area contributed by atoms with Crippen LogP contribution in [-0.2, 0) is 0 Å². The first-order valence-corrected chi connectivity index (χ1v) is 8.66. The van der Waals surface area contributed by atoms with E-state index in [0.29, 0.717) is 0 Å². The first-order chi connectivity index (χ1) is 5.49. The van der Waals surface area contributed by atoms with Crippen LogP contribution in [0.3, 0.4) is 0 Å². The SMILES string of the molecule is CS/C(=N\C[Si](C)(C)C)NC#N. The van der Waals surface area contributed by atoms with Crippen molar-refractivity contribution in [2.24, 2.45) is 4.99 Å². The molecule has 0 saturated carbocycles. The van der Waals surface area contributed by atoms with E-state index in [1.807, 2.05) is 12.4 Å². The highest BCUT2D eigenvalue weighted by molar-refractivity contribution is 8.13. The molecule has 68 valence electrons. The van der Waals surface area contributed by atoms with E-state index in [9.17, 15) is 0 Å². The van der Waals surface area contributed by atoms with Gasteiger partial charge >= 0.3 is 0 Å². The van der Waals surface area contributed by atoms with Crippen LogP contribution in [0.1, 0.15) is 0 Å².